The third-order valence-corrected chi connectivity index (χ3v) is 6.77. The van der Waals surface area contributed by atoms with E-state index in [1.165, 1.54) is 59.1 Å². The Hall–Kier alpha value is -2.34. The van der Waals surface area contributed by atoms with Crippen molar-refractivity contribution in [3.8, 4) is 0 Å². The van der Waals surface area contributed by atoms with Crippen molar-refractivity contribution in [2.24, 2.45) is 5.92 Å². The topological polar surface area (TPSA) is 0 Å². The van der Waals surface area contributed by atoms with Crippen LogP contribution in [0, 0.1) is 5.92 Å². The summed E-state index contributed by atoms with van der Waals surface area (Å²) < 4.78 is 0. The van der Waals surface area contributed by atoms with Crippen molar-refractivity contribution in [3.05, 3.63) is 88.5 Å². The molecule has 0 radical (unpaired) electrons. The molecule has 0 N–H and O–H groups in total. The lowest BCUT2D eigenvalue weighted by Gasteiger charge is -2.18. The van der Waals surface area contributed by atoms with Gasteiger partial charge in [-0.15, -0.1) is 0 Å². The molecule has 5 rings (SSSR count). The lowest BCUT2D eigenvalue weighted by atomic mass is 9.86. The van der Waals surface area contributed by atoms with Gasteiger partial charge in [-0.2, -0.15) is 0 Å². The van der Waals surface area contributed by atoms with Crippen LogP contribution in [0.1, 0.15) is 72.8 Å². The van der Waals surface area contributed by atoms with E-state index < -0.39 is 0 Å². The number of hydrogen-bond donors (Lipinski definition) is 0. The molecule has 1 saturated carbocycles. The number of allylic oxidation sites excluding steroid dienone is 5. The molecule has 3 aliphatic carbocycles. The molecule has 2 aromatic rings. The summed E-state index contributed by atoms with van der Waals surface area (Å²) in [6.07, 6.45) is 17.4. The monoisotopic (exact) mass is 352 g/mol. The van der Waals surface area contributed by atoms with Gasteiger partial charge in [0.15, 0.2) is 0 Å². The summed E-state index contributed by atoms with van der Waals surface area (Å²) in [4.78, 5) is 0. The molecule has 0 amide bonds. The van der Waals surface area contributed by atoms with Gasteiger partial charge in [-0.05, 0) is 76.6 Å². The van der Waals surface area contributed by atoms with Gasteiger partial charge < -0.3 is 0 Å². The summed E-state index contributed by atoms with van der Waals surface area (Å²) in [7, 11) is 0. The molecular weight excluding hydrogens is 324 g/mol. The average molecular weight is 353 g/mol. The van der Waals surface area contributed by atoms with E-state index >= 15 is 0 Å². The van der Waals surface area contributed by atoms with Crippen molar-refractivity contribution >= 4 is 17.2 Å². The maximum Gasteiger partial charge on any atom is 0.00555 e. The number of aryl methyl sites for hydroxylation is 1. The molecule has 0 spiro atoms. The van der Waals surface area contributed by atoms with Gasteiger partial charge in [0.25, 0.3) is 0 Å². The quantitative estimate of drug-likeness (QED) is 0.537. The maximum absolute atomic E-state index is 2.46. The summed E-state index contributed by atoms with van der Waals surface area (Å²) in [6.45, 7) is 2.21. The Bertz CT molecular complexity index is 931. The summed E-state index contributed by atoms with van der Waals surface area (Å²) >= 11 is 0. The summed E-state index contributed by atoms with van der Waals surface area (Å²) in [5.74, 6) is 1.54. The second kappa shape index (κ2) is 7.00. The predicted molar refractivity (Wildman–Crippen MR) is 117 cm³/mol. The lowest BCUT2D eigenvalue weighted by Crippen LogP contribution is -2.05. The molecule has 0 heterocycles. The summed E-state index contributed by atoms with van der Waals surface area (Å²) in [5, 5.41) is 0. The van der Waals surface area contributed by atoms with E-state index in [-0.39, 0.29) is 0 Å². The van der Waals surface area contributed by atoms with Gasteiger partial charge in [-0.25, -0.2) is 0 Å². The van der Waals surface area contributed by atoms with Crippen LogP contribution in [0.2, 0.25) is 0 Å². The fourth-order valence-corrected chi connectivity index (χ4v) is 5.12. The molecule has 1 atom stereocenters. The van der Waals surface area contributed by atoms with E-state index in [1.54, 1.807) is 5.56 Å². The first-order valence-corrected chi connectivity index (χ1v) is 10.6. The molecule has 0 heteroatoms. The Morgan fingerprint density at radius 2 is 1.70 bits per heavy atom. The second-order valence-corrected chi connectivity index (χ2v) is 8.36. The Labute approximate surface area is 163 Å². The van der Waals surface area contributed by atoms with Crippen LogP contribution in [0.25, 0.3) is 17.2 Å². The summed E-state index contributed by atoms with van der Waals surface area (Å²) in [6, 6.07) is 16.2. The van der Waals surface area contributed by atoms with Gasteiger partial charge in [0, 0.05) is 5.92 Å². The SMILES string of the molecule is CCc1ccc(C2=CC(c3ccc4c(c3)C=CC4C3CCCC3)=CC2)cc1. The van der Waals surface area contributed by atoms with Crippen LogP contribution >= 0.6 is 0 Å². The maximum atomic E-state index is 2.46. The predicted octanol–water partition coefficient (Wildman–Crippen LogP) is 7.42. The van der Waals surface area contributed by atoms with Crippen molar-refractivity contribution in [1.29, 1.82) is 0 Å². The third kappa shape index (κ3) is 3.12. The Morgan fingerprint density at radius 1 is 0.926 bits per heavy atom. The van der Waals surface area contributed by atoms with Gasteiger partial charge in [0.05, 0.1) is 0 Å². The highest BCUT2D eigenvalue weighted by Gasteiger charge is 2.28. The van der Waals surface area contributed by atoms with Gasteiger partial charge in [0.2, 0.25) is 0 Å². The van der Waals surface area contributed by atoms with Crippen LogP contribution in [0.3, 0.4) is 0 Å². The van der Waals surface area contributed by atoms with Crippen molar-refractivity contribution in [2.75, 3.05) is 0 Å². The minimum atomic E-state index is 0.664. The fraction of sp³-hybridized carbons (Fsp3) is 0.333. The normalized spacial score (nSPS) is 21.4. The first-order chi connectivity index (χ1) is 13.3. The van der Waals surface area contributed by atoms with Gasteiger partial charge in [-0.1, -0.05) is 80.5 Å². The van der Waals surface area contributed by atoms with Crippen LogP contribution in [0.4, 0.5) is 0 Å². The van der Waals surface area contributed by atoms with Crippen molar-refractivity contribution in [3.63, 3.8) is 0 Å². The minimum Gasteiger partial charge on any atom is -0.0761 e. The van der Waals surface area contributed by atoms with E-state index in [4.69, 9.17) is 0 Å². The molecule has 136 valence electrons. The van der Waals surface area contributed by atoms with E-state index in [0.717, 1.165) is 18.8 Å². The minimum absolute atomic E-state index is 0.664. The van der Waals surface area contributed by atoms with E-state index in [0.29, 0.717) is 5.92 Å². The molecule has 2 aromatic carbocycles. The van der Waals surface area contributed by atoms with Crippen LogP contribution in [-0.2, 0) is 6.42 Å². The third-order valence-electron chi connectivity index (χ3n) is 6.77. The van der Waals surface area contributed by atoms with E-state index in [2.05, 4.69) is 73.7 Å². The molecule has 0 nitrogen and oxygen atoms in total. The number of fused-ring (bicyclic) bond motifs is 1. The van der Waals surface area contributed by atoms with E-state index in [9.17, 15) is 0 Å². The number of benzene rings is 2. The molecule has 1 unspecified atom stereocenters. The molecule has 0 aliphatic heterocycles. The Balaban J connectivity index is 1.38. The van der Waals surface area contributed by atoms with Crippen molar-refractivity contribution < 1.29 is 0 Å². The van der Waals surface area contributed by atoms with Gasteiger partial charge >= 0.3 is 0 Å². The molecule has 0 bridgehead atoms. The second-order valence-electron chi connectivity index (χ2n) is 8.36. The first kappa shape index (κ1) is 16.8. The molecule has 1 fully saturated rings. The molecular formula is C27H28. The molecule has 27 heavy (non-hydrogen) atoms. The standard InChI is InChI=1S/C27H28/c1-2-19-7-9-20(10-8-19)22-11-12-23(17-22)24-13-15-27-25(18-24)14-16-26(27)21-5-3-4-6-21/h7-10,12-18,21,26H,2-6,11H2,1H3. The van der Waals surface area contributed by atoms with Crippen LogP contribution in [0.15, 0.2) is 60.7 Å². The zero-order chi connectivity index (χ0) is 18.2. The highest BCUT2D eigenvalue weighted by atomic mass is 14.3. The fourth-order valence-electron chi connectivity index (χ4n) is 5.12. The molecule has 3 aliphatic rings. The summed E-state index contributed by atoms with van der Waals surface area (Å²) in [5.41, 5.74) is 9.96. The average Bonchev–Trinajstić information content (AvgIpc) is 3.47. The lowest BCUT2D eigenvalue weighted by molar-refractivity contribution is 0.498. The highest BCUT2D eigenvalue weighted by Crippen LogP contribution is 2.44. The molecule has 0 aromatic heterocycles. The number of rotatable bonds is 4. The van der Waals surface area contributed by atoms with Crippen molar-refractivity contribution in [2.45, 2.75) is 51.4 Å². The molecule has 0 saturated heterocycles. The van der Waals surface area contributed by atoms with Gasteiger partial charge in [-0.3, -0.25) is 0 Å². The zero-order valence-corrected chi connectivity index (χ0v) is 16.2. The Morgan fingerprint density at radius 3 is 2.48 bits per heavy atom. The van der Waals surface area contributed by atoms with Crippen LogP contribution in [0.5, 0.6) is 0 Å². The smallest absolute Gasteiger partial charge is 0.00555 e. The first-order valence-electron chi connectivity index (χ1n) is 10.6. The Kier molecular flexibility index (Phi) is 4.36. The highest BCUT2D eigenvalue weighted by molar-refractivity contribution is 5.90. The largest absolute Gasteiger partial charge is 0.0761 e. The van der Waals surface area contributed by atoms with E-state index in [1.807, 2.05) is 0 Å². The van der Waals surface area contributed by atoms with Crippen LogP contribution < -0.4 is 0 Å². The number of hydrogen-bond acceptors (Lipinski definition) is 0. The van der Waals surface area contributed by atoms with Crippen molar-refractivity contribution in [1.82, 2.24) is 0 Å². The zero-order valence-electron chi connectivity index (χ0n) is 16.2. The van der Waals surface area contributed by atoms with Crippen LogP contribution in [-0.4, -0.2) is 0 Å². The van der Waals surface area contributed by atoms with Gasteiger partial charge in [0.1, 0.15) is 0 Å².